The number of furan rings is 1. The first-order valence-corrected chi connectivity index (χ1v) is 9.89. The summed E-state index contributed by atoms with van der Waals surface area (Å²) < 4.78 is 5.16. The highest BCUT2D eigenvalue weighted by Gasteiger charge is 2.29. The van der Waals surface area contributed by atoms with Crippen LogP contribution in [0.15, 0.2) is 52.0 Å². The highest BCUT2D eigenvalue weighted by molar-refractivity contribution is 8.13. The number of piperidine rings is 1. The smallest absolute Gasteiger partial charge is 0.289 e. The summed E-state index contributed by atoms with van der Waals surface area (Å²) in [6, 6.07) is 10.6. The van der Waals surface area contributed by atoms with Crippen molar-refractivity contribution in [2.24, 2.45) is 5.92 Å². The van der Waals surface area contributed by atoms with E-state index < -0.39 is 0 Å². The summed E-state index contributed by atoms with van der Waals surface area (Å²) in [5.41, 5.74) is 0.627. The molecule has 0 bridgehead atoms. The molecule has 0 saturated carbocycles. The zero-order valence-corrected chi connectivity index (χ0v) is 16.7. The van der Waals surface area contributed by atoms with Crippen molar-refractivity contribution in [3.8, 4) is 0 Å². The molecule has 0 aliphatic carbocycles. The number of carbonyl (C=O) groups excluding carboxylic acids is 3. The van der Waals surface area contributed by atoms with Gasteiger partial charge in [0.1, 0.15) is 0 Å². The molecular weight excluding hydrogens is 378 g/mol. The Kier molecular flexibility index (Phi) is 6.41. The van der Waals surface area contributed by atoms with Crippen molar-refractivity contribution >= 4 is 34.5 Å². The molecule has 1 aromatic heterocycles. The van der Waals surface area contributed by atoms with Gasteiger partial charge >= 0.3 is 0 Å². The van der Waals surface area contributed by atoms with Gasteiger partial charge in [-0.05, 0) is 48.9 Å². The standard InChI is InChI=1S/C20H23N3O4S/c1-22(2)20(26)28-17-8-4-3-6-15(17)21-18(24)14-9-11-23(12-10-14)19(25)16-7-5-13-27-16/h3-8,13-14H,9-12H2,1-2H3,(H,21,24). The van der Waals surface area contributed by atoms with Gasteiger partial charge in [0, 0.05) is 38.0 Å². The number of amides is 3. The lowest BCUT2D eigenvalue weighted by Crippen LogP contribution is -2.41. The molecule has 8 heteroatoms. The lowest BCUT2D eigenvalue weighted by Gasteiger charge is -2.30. The maximum atomic E-state index is 12.7. The number of para-hydroxylation sites is 1. The molecule has 1 saturated heterocycles. The fraction of sp³-hybridized carbons (Fsp3) is 0.350. The van der Waals surface area contributed by atoms with E-state index in [0.717, 1.165) is 11.8 Å². The second kappa shape index (κ2) is 8.97. The first kappa shape index (κ1) is 20.0. The third-order valence-corrected chi connectivity index (χ3v) is 5.71. The number of benzene rings is 1. The average Bonchev–Trinajstić information content (AvgIpc) is 3.23. The zero-order valence-electron chi connectivity index (χ0n) is 15.9. The molecule has 1 fully saturated rings. The highest BCUT2D eigenvalue weighted by atomic mass is 32.2. The summed E-state index contributed by atoms with van der Waals surface area (Å²) in [5.74, 6) is -0.0917. The van der Waals surface area contributed by atoms with Crippen molar-refractivity contribution in [3.63, 3.8) is 0 Å². The van der Waals surface area contributed by atoms with Crippen molar-refractivity contribution in [3.05, 3.63) is 48.4 Å². The maximum absolute atomic E-state index is 12.7. The van der Waals surface area contributed by atoms with Crippen molar-refractivity contribution in [2.75, 3.05) is 32.5 Å². The zero-order chi connectivity index (χ0) is 20.1. The van der Waals surface area contributed by atoms with Gasteiger partial charge in [-0.25, -0.2) is 0 Å². The topological polar surface area (TPSA) is 82.9 Å². The minimum absolute atomic E-state index is 0.0875. The Morgan fingerprint density at radius 3 is 2.46 bits per heavy atom. The van der Waals surface area contributed by atoms with Crippen LogP contribution in [0.25, 0.3) is 0 Å². The molecule has 2 heterocycles. The van der Waals surface area contributed by atoms with Gasteiger partial charge in [-0.15, -0.1) is 0 Å². The first-order chi connectivity index (χ1) is 13.5. The van der Waals surface area contributed by atoms with Crippen LogP contribution in [0.5, 0.6) is 0 Å². The van der Waals surface area contributed by atoms with Gasteiger partial charge in [0.2, 0.25) is 5.91 Å². The summed E-state index contributed by atoms with van der Waals surface area (Å²) in [4.78, 5) is 40.9. The van der Waals surface area contributed by atoms with E-state index in [1.807, 2.05) is 18.2 Å². The molecule has 0 radical (unpaired) electrons. The van der Waals surface area contributed by atoms with Crippen LogP contribution < -0.4 is 5.32 Å². The quantitative estimate of drug-likeness (QED) is 0.793. The Balaban J connectivity index is 1.58. The van der Waals surface area contributed by atoms with Gasteiger partial charge < -0.3 is 19.5 Å². The van der Waals surface area contributed by atoms with Gasteiger partial charge in [-0.3, -0.25) is 14.4 Å². The molecule has 7 nitrogen and oxygen atoms in total. The molecule has 0 atom stereocenters. The van der Waals surface area contributed by atoms with Crippen LogP contribution in [0.4, 0.5) is 10.5 Å². The van der Waals surface area contributed by atoms with E-state index in [1.54, 1.807) is 37.2 Å². The van der Waals surface area contributed by atoms with Crippen molar-refractivity contribution < 1.29 is 18.8 Å². The van der Waals surface area contributed by atoms with Crippen LogP contribution in [-0.4, -0.2) is 54.0 Å². The summed E-state index contributed by atoms with van der Waals surface area (Å²) in [7, 11) is 3.38. The first-order valence-electron chi connectivity index (χ1n) is 9.07. The Bertz CT molecular complexity index is 843. The van der Waals surface area contributed by atoms with Gasteiger partial charge in [-0.1, -0.05) is 12.1 Å². The summed E-state index contributed by atoms with van der Waals surface area (Å²) in [6.07, 6.45) is 2.65. The molecule has 1 aliphatic rings. The normalized spacial score (nSPS) is 14.6. The number of hydrogen-bond donors (Lipinski definition) is 1. The SMILES string of the molecule is CN(C)C(=O)Sc1ccccc1NC(=O)C1CCN(C(=O)c2ccco2)CC1. The lowest BCUT2D eigenvalue weighted by atomic mass is 9.95. The minimum Gasteiger partial charge on any atom is -0.459 e. The van der Waals surface area contributed by atoms with Gasteiger partial charge in [0.25, 0.3) is 11.1 Å². The number of carbonyl (C=O) groups is 3. The summed E-state index contributed by atoms with van der Waals surface area (Å²) in [6.45, 7) is 1.01. The third-order valence-electron chi connectivity index (χ3n) is 4.59. The van der Waals surface area contributed by atoms with E-state index in [9.17, 15) is 14.4 Å². The predicted octanol–water partition coefficient (Wildman–Crippen LogP) is 3.54. The molecule has 1 N–H and O–H groups in total. The Morgan fingerprint density at radius 2 is 1.82 bits per heavy atom. The van der Waals surface area contributed by atoms with Crippen LogP contribution in [0.2, 0.25) is 0 Å². The number of rotatable bonds is 4. The second-order valence-electron chi connectivity index (χ2n) is 6.79. The highest BCUT2D eigenvalue weighted by Crippen LogP contribution is 2.30. The average molecular weight is 401 g/mol. The summed E-state index contributed by atoms with van der Waals surface area (Å²) >= 11 is 1.08. The largest absolute Gasteiger partial charge is 0.459 e. The van der Waals surface area contributed by atoms with Gasteiger partial charge in [0.15, 0.2) is 5.76 Å². The Labute approximate surface area is 168 Å². The monoisotopic (exact) mass is 401 g/mol. The van der Waals surface area contributed by atoms with E-state index in [0.29, 0.717) is 42.3 Å². The van der Waals surface area contributed by atoms with Crippen LogP contribution in [0.3, 0.4) is 0 Å². The fourth-order valence-corrected chi connectivity index (χ4v) is 3.73. The third kappa shape index (κ3) is 4.75. The molecular formula is C20H23N3O4S. The lowest BCUT2D eigenvalue weighted by molar-refractivity contribution is -0.121. The Hall–Kier alpha value is -2.74. The number of nitrogens with zero attached hydrogens (tertiary/aromatic N) is 2. The van der Waals surface area contributed by atoms with Crippen LogP contribution in [0.1, 0.15) is 23.4 Å². The Morgan fingerprint density at radius 1 is 1.11 bits per heavy atom. The predicted molar refractivity (Wildman–Crippen MR) is 107 cm³/mol. The molecule has 3 amide bonds. The van der Waals surface area contributed by atoms with E-state index >= 15 is 0 Å². The molecule has 2 aromatic rings. The van der Waals surface area contributed by atoms with E-state index in [4.69, 9.17) is 4.42 Å². The fourth-order valence-electron chi connectivity index (χ4n) is 2.98. The molecule has 0 spiro atoms. The van der Waals surface area contributed by atoms with E-state index in [2.05, 4.69) is 5.32 Å². The maximum Gasteiger partial charge on any atom is 0.289 e. The number of anilines is 1. The number of thioether (sulfide) groups is 1. The molecule has 1 aromatic carbocycles. The van der Waals surface area contributed by atoms with E-state index in [-0.39, 0.29) is 23.0 Å². The van der Waals surface area contributed by atoms with E-state index in [1.165, 1.54) is 11.2 Å². The number of likely N-dealkylation sites (tertiary alicyclic amines) is 1. The van der Waals surface area contributed by atoms with Crippen molar-refractivity contribution in [2.45, 2.75) is 17.7 Å². The summed E-state index contributed by atoms with van der Waals surface area (Å²) in [5, 5.41) is 2.84. The van der Waals surface area contributed by atoms with Crippen molar-refractivity contribution in [1.82, 2.24) is 9.80 Å². The van der Waals surface area contributed by atoms with Crippen molar-refractivity contribution in [1.29, 1.82) is 0 Å². The van der Waals surface area contributed by atoms with Gasteiger partial charge in [0.05, 0.1) is 12.0 Å². The van der Waals surface area contributed by atoms with Crippen LogP contribution in [-0.2, 0) is 4.79 Å². The molecule has 28 heavy (non-hydrogen) atoms. The van der Waals surface area contributed by atoms with Gasteiger partial charge in [-0.2, -0.15) is 0 Å². The molecule has 0 unspecified atom stereocenters. The molecule has 148 valence electrons. The number of hydrogen-bond acceptors (Lipinski definition) is 5. The molecule has 1 aliphatic heterocycles. The molecule has 3 rings (SSSR count). The second-order valence-corrected chi connectivity index (χ2v) is 7.78. The minimum atomic E-state index is -0.178. The van der Waals surface area contributed by atoms with Crippen LogP contribution >= 0.6 is 11.8 Å². The van der Waals surface area contributed by atoms with Crippen LogP contribution in [0, 0.1) is 5.92 Å². The number of nitrogens with one attached hydrogen (secondary N) is 1.